The molecule has 0 aliphatic rings. The third kappa shape index (κ3) is 3.90. The molecule has 0 radical (unpaired) electrons. The summed E-state index contributed by atoms with van der Waals surface area (Å²) < 4.78 is 0.903. The molecular weight excluding hydrogens is 256 g/mol. The van der Waals surface area contributed by atoms with E-state index in [0.717, 1.165) is 29.5 Å². The highest BCUT2D eigenvalue weighted by Crippen LogP contribution is 2.20. The molecular formula is C11H13BrN2O. The topological polar surface area (TPSA) is 56.0 Å². The van der Waals surface area contributed by atoms with Gasteiger partial charge in [0, 0.05) is 17.6 Å². The van der Waals surface area contributed by atoms with Crippen molar-refractivity contribution in [1.82, 2.24) is 0 Å². The van der Waals surface area contributed by atoms with Crippen molar-refractivity contribution < 1.29 is 5.11 Å². The Balaban J connectivity index is 2.57. The van der Waals surface area contributed by atoms with Gasteiger partial charge < -0.3 is 10.4 Å². The fourth-order valence-electron chi connectivity index (χ4n) is 1.22. The minimum absolute atomic E-state index is 0.215. The third-order valence-electron chi connectivity index (χ3n) is 2.00. The molecule has 4 heteroatoms. The Kier molecular flexibility index (Phi) is 5.16. The van der Waals surface area contributed by atoms with Crippen LogP contribution in [0.1, 0.15) is 18.4 Å². The summed E-state index contributed by atoms with van der Waals surface area (Å²) in [5.74, 6) is 0. The summed E-state index contributed by atoms with van der Waals surface area (Å²) in [5, 5.41) is 20.7. The first-order chi connectivity index (χ1) is 7.27. The van der Waals surface area contributed by atoms with Crippen LogP contribution in [0.3, 0.4) is 0 Å². The molecule has 0 atom stereocenters. The van der Waals surface area contributed by atoms with Crippen molar-refractivity contribution >= 4 is 21.6 Å². The summed E-state index contributed by atoms with van der Waals surface area (Å²) >= 11 is 3.32. The van der Waals surface area contributed by atoms with Crippen LogP contribution in [0.25, 0.3) is 0 Å². The quantitative estimate of drug-likeness (QED) is 0.807. The summed E-state index contributed by atoms with van der Waals surface area (Å²) in [5.41, 5.74) is 1.48. The number of aliphatic hydroxyl groups is 1. The number of nitrogens with one attached hydrogen (secondary N) is 1. The molecule has 1 rings (SSSR count). The minimum atomic E-state index is 0.215. The molecule has 0 fully saturated rings. The van der Waals surface area contributed by atoms with Gasteiger partial charge in [-0.25, -0.2) is 0 Å². The molecule has 0 spiro atoms. The van der Waals surface area contributed by atoms with Gasteiger partial charge >= 0.3 is 0 Å². The van der Waals surface area contributed by atoms with E-state index in [1.165, 1.54) is 0 Å². The van der Waals surface area contributed by atoms with Crippen LogP contribution in [0.5, 0.6) is 0 Å². The molecule has 0 unspecified atom stereocenters. The zero-order valence-electron chi connectivity index (χ0n) is 8.33. The van der Waals surface area contributed by atoms with Crippen molar-refractivity contribution in [3.63, 3.8) is 0 Å². The standard InChI is InChI=1S/C11H13BrN2O/c12-10-3-4-11(9(7-10)8-13)14-5-1-2-6-15/h3-4,7,14-15H,1-2,5-6H2. The second-order valence-electron chi connectivity index (χ2n) is 3.16. The van der Waals surface area contributed by atoms with E-state index < -0.39 is 0 Å². The summed E-state index contributed by atoms with van der Waals surface area (Å²) in [7, 11) is 0. The van der Waals surface area contributed by atoms with Gasteiger partial charge in [-0.2, -0.15) is 5.26 Å². The molecule has 0 saturated carbocycles. The molecule has 0 heterocycles. The zero-order chi connectivity index (χ0) is 11.1. The number of benzene rings is 1. The van der Waals surface area contributed by atoms with E-state index in [-0.39, 0.29) is 6.61 Å². The number of nitriles is 1. The van der Waals surface area contributed by atoms with Crippen molar-refractivity contribution in [2.24, 2.45) is 0 Å². The zero-order valence-corrected chi connectivity index (χ0v) is 9.92. The molecule has 0 saturated heterocycles. The Hall–Kier alpha value is -1.05. The van der Waals surface area contributed by atoms with E-state index in [0.29, 0.717) is 5.56 Å². The van der Waals surface area contributed by atoms with E-state index in [9.17, 15) is 0 Å². The van der Waals surface area contributed by atoms with Crippen LogP contribution < -0.4 is 5.32 Å². The molecule has 0 aromatic heterocycles. The fourth-order valence-corrected chi connectivity index (χ4v) is 1.58. The van der Waals surface area contributed by atoms with Gasteiger partial charge in [0.1, 0.15) is 6.07 Å². The van der Waals surface area contributed by atoms with Crippen LogP contribution in [0, 0.1) is 11.3 Å². The highest BCUT2D eigenvalue weighted by Gasteiger charge is 2.01. The highest BCUT2D eigenvalue weighted by atomic mass is 79.9. The lowest BCUT2D eigenvalue weighted by molar-refractivity contribution is 0.286. The van der Waals surface area contributed by atoms with Crippen LogP contribution in [-0.2, 0) is 0 Å². The van der Waals surface area contributed by atoms with Crippen LogP contribution in [-0.4, -0.2) is 18.3 Å². The highest BCUT2D eigenvalue weighted by molar-refractivity contribution is 9.10. The van der Waals surface area contributed by atoms with Crippen LogP contribution in [0.4, 0.5) is 5.69 Å². The van der Waals surface area contributed by atoms with E-state index in [1.807, 2.05) is 12.1 Å². The number of halogens is 1. The second kappa shape index (κ2) is 6.44. The Morgan fingerprint density at radius 3 is 2.87 bits per heavy atom. The Morgan fingerprint density at radius 2 is 2.20 bits per heavy atom. The van der Waals surface area contributed by atoms with Gasteiger partial charge in [0.15, 0.2) is 0 Å². The molecule has 0 amide bonds. The van der Waals surface area contributed by atoms with Gasteiger partial charge in [-0.15, -0.1) is 0 Å². The largest absolute Gasteiger partial charge is 0.396 e. The first kappa shape index (κ1) is 12.0. The third-order valence-corrected chi connectivity index (χ3v) is 2.50. The van der Waals surface area contributed by atoms with Crippen LogP contribution in [0.15, 0.2) is 22.7 Å². The molecule has 1 aromatic rings. The smallest absolute Gasteiger partial charge is 0.101 e. The first-order valence-electron chi connectivity index (χ1n) is 4.82. The van der Waals surface area contributed by atoms with Crippen molar-refractivity contribution in [3.8, 4) is 6.07 Å². The predicted octanol–water partition coefficient (Wildman–Crippen LogP) is 2.51. The summed E-state index contributed by atoms with van der Waals surface area (Å²) in [4.78, 5) is 0. The first-order valence-corrected chi connectivity index (χ1v) is 5.61. The Bertz CT molecular complexity index is 360. The lowest BCUT2D eigenvalue weighted by Gasteiger charge is -2.07. The van der Waals surface area contributed by atoms with Gasteiger partial charge in [-0.1, -0.05) is 15.9 Å². The molecule has 0 bridgehead atoms. The second-order valence-corrected chi connectivity index (χ2v) is 4.07. The van der Waals surface area contributed by atoms with Crippen molar-refractivity contribution in [3.05, 3.63) is 28.2 Å². The molecule has 1 aromatic carbocycles. The molecule has 2 N–H and O–H groups in total. The van der Waals surface area contributed by atoms with Crippen molar-refractivity contribution in [1.29, 1.82) is 5.26 Å². The van der Waals surface area contributed by atoms with E-state index in [1.54, 1.807) is 6.07 Å². The minimum Gasteiger partial charge on any atom is -0.396 e. The van der Waals surface area contributed by atoms with Gasteiger partial charge in [-0.3, -0.25) is 0 Å². The summed E-state index contributed by atoms with van der Waals surface area (Å²) in [6.45, 7) is 0.990. The number of anilines is 1. The maximum absolute atomic E-state index is 8.89. The molecule has 15 heavy (non-hydrogen) atoms. The number of aliphatic hydroxyl groups excluding tert-OH is 1. The summed E-state index contributed by atoms with van der Waals surface area (Å²) in [6, 6.07) is 7.70. The van der Waals surface area contributed by atoms with E-state index in [2.05, 4.69) is 27.3 Å². The normalized spacial score (nSPS) is 9.67. The average Bonchev–Trinajstić information content (AvgIpc) is 2.26. The fraction of sp³-hybridized carbons (Fsp3) is 0.364. The lowest BCUT2D eigenvalue weighted by atomic mass is 10.2. The van der Waals surface area contributed by atoms with E-state index >= 15 is 0 Å². The molecule has 0 aliphatic carbocycles. The Morgan fingerprint density at radius 1 is 1.40 bits per heavy atom. The summed E-state index contributed by atoms with van der Waals surface area (Å²) in [6.07, 6.45) is 1.68. The average molecular weight is 269 g/mol. The number of hydrogen-bond donors (Lipinski definition) is 2. The maximum atomic E-state index is 8.89. The number of unbranched alkanes of at least 4 members (excludes halogenated alkanes) is 1. The van der Waals surface area contributed by atoms with Gasteiger partial charge in [0.05, 0.1) is 11.3 Å². The van der Waals surface area contributed by atoms with Gasteiger partial charge in [0.25, 0.3) is 0 Å². The van der Waals surface area contributed by atoms with Crippen LogP contribution in [0.2, 0.25) is 0 Å². The molecule has 3 nitrogen and oxygen atoms in total. The SMILES string of the molecule is N#Cc1cc(Br)ccc1NCCCCO. The number of hydrogen-bond acceptors (Lipinski definition) is 3. The number of nitrogens with zero attached hydrogens (tertiary/aromatic N) is 1. The Labute approximate surface area is 97.9 Å². The number of rotatable bonds is 5. The monoisotopic (exact) mass is 268 g/mol. The van der Waals surface area contributed by atoms with Crippen LogP contribution >= 0.6 is 15.9 Å². The van der Waals surface area contributed by atoms with Crippen molar-refractivity contribution in [2.75, 3.05) is 18.5 Å². The molecule has 0 aliphatic heterocycles. The maximum Gasteiger partial charge on any atom is 0.101 e. The van der Waals surface area contributed by atoms with Gasteiger partial charge in [0.2, 0.25) is 0 Å². The molecule has 80 valence electrons. The van der Waals surface area contributed by atoms with E-state index in [4.69, 9.17) is 10.4 Å². The van der Waals surface area contributed by atoms with Crippen molar-refractivity contribution in [2.45, 2.75) is 12.8 Å². The van der Waals surface area contributed by atoms with Gasteiger partial charge in [-0.05, 0) is 31.0 Å². The lowest BCUT2D eigenvalue weighted by Crippen LogP contribution is -2.03. The predicted molar refractivity (Wildman–Crippen MR) is 63.7 cm³/mol.